The standard InChI is InChI=1S/C21H27NO4S/c1-25-21(24)16-26-14-6-5-13-22-19(10-7-11-20(22)23)12-15-27-17-18-8-3-2-4-9-18/h2-6,8-9,12,15,19H,7,10-11,13-14,16-17H2,1H3/b6-5-,15-12+/t19-/m1/s1. The van der Waals surface area contributed by atoms with Gasteiger partial charge < -0.3 is 14.4 Å². The van der Waals surface area contributed by atoms with E-state index in [0.29, 0.717) is 19.6 Å². The summed E-state index contributed by atoms with van der Waals surface area (Å²) >= 11 is 1.74. The molecule has 0 bridgehead atoms. The Morgan fingerprint density at radius 1 is 1.30 bits per heavy atom. The lowest BCUT2D eigenvalue weighted by Crippen LogP contribution is -2.42. The minimum absolute atomic E-state index is 0.0620. The highest BCUT2D eigenvalue weighted by atomic mass is 32.2. The summed E-state index contributed by atoms with van der Waals surface area (Å²) in [5.41, 5.74) is 1.29. The predicted octanol–water partition coefficient (Wildman–Crippen LogP) is 3.56. The Labute approximate surface area is 165 Å². The fourth-order valence-electron chi connectivity index (χ4n) is 2.77. The Hall–Kier alpha value is -2.05. The number of hydrogen-bond acceptors (Lipinski definition) is 5. The average molecular weight is 390 g/mol. The van der Waals surface area contributed by atoms with Crippen molar-refractivity contribution in [3.63, 3.8) is 0 Å². The number of thioether (sulfide) groups is 1. The number of piperidine rings is 1. The zero-order chi connectivity index (χ0) is 19.3. The van der Waals surface area contributed by atoms with Gasteiger partial charge in [-0.15, -0.1) is 11.8 Å². The van der Waals surface area contributed by atoms with Crippen molar-refractivity contribution in [1.29, 1.82) is 0 Å². The van der Waals surface area contributed by atoms with Crippen LogP contribution < -0.4 is 0 Å². The van der Waals surface area contributed by atoms with E-state index >= 15 is 0 Å². The molecule has 0 N–H and O–H groups in total. The van der Waals surface area contributed by atoms with Crippen LogP contribution in [0.2, 0.25) is 0 Å². The van der Waals surface area contributed by atoms with E-state index in [1.54, 1.807) is 11.8 Å². The minimum atomic E-state index is -0.396. The van der Waals surface area contributed by atoms with Gasteiger partial charge in [0.2, 0.25) is 5.91 Å². The van der Waals surface area contributed by atoms with Crippen LogP contribution in [0.3, 0.4) is 0 Å². The van der Waals surface area contributed by atoms with Crippen LogP contribution in [-0.2, 0) is 24.8 Å². The van der Waals surface area contributed by atoms with Gasteiger partial charge in [-0.2, -0.15) is 0 Å². The average Bonchev–Trinajstić information content (AvgIpc) is 2.70. The number of ether oxygens (including phenoxy) is 2. The molecule has 0 aromatic heterocycles. The second-order valence-electron chi connectivity index (χ2n) is 6.19. The molecule has 1 heterocycles. The lowest BCUT2D eigenvalue weighted by atomic mass is 10.0. The molecule has 6 heteroatoms. The molecule has 1 amide bonds. The highest BCUT2D eigenvalue weighted by molar-refractivity contribution is 8.01. The normalized spacial score (nSPS) is 17.7. The molecule has 27 heavy (non-hydrogen) atoms. The maximum absolute atomic E-state index is 12.3. The van der Waals surface area contributed by atoms with Crippen LogP contribution in [0.25, 0.3) is 0 Å². The molecule has 2 rings (SSSR count). The lowest BCUT2D eigenvalue weighted by molar-refractivity contribution is -0.145. The molecule has 0 radical (unpaired) electrons. The van der Waals surface area contributed by atoms with Crippen molar-refractivity contribution in [3.05, 3.63) is 59.5 Å². The van der Waals surface area contributed by atoms with Gasteiger partial charge in [-0.05, 0) is 23.8 Å². The van der Waals surface area contributed by atoms with Gasteiger partial charge in [-0.25, -0.2) is 4.79 Å². The number of rotatable bonds is 10. The first kappa shape index (κ1) is 21.3. The first-order valence-electron chi connectivity index (χ1n) is 9.12. The van der Waals surface area contributed by atoms with Crippen molar-refractivity contribution < 1.29 is 19.1 Å². The van der Waals surface area contributed by atoms with Gasteiger partial charge >= 0.3 is 5.97 Å². The summed E-state index contributed by atoms with van der Waals surface area (Å²) in [6.07, 6.45) is 8.40. The number of methoxy groups -OCH3 is 1. The molecule has 1 saturated heterocycles. The topological polar surface area (TPSA) is 55.8 Å². The summed E-state index contributed by atoms with van der Waals surface area (Å²) < 4.78 is 9.67. The van der Waals surface area contributed by atoms with E-state index in [0.717, 1.165) is 18.6 Å². The Morgan fingerprint density at radius 3 is 2.89 bits per heavy atom. The molecule has 0 spiro atoms. The van der Waals surface area contributed by atoms with Crippen LogP contribution in [0.1, 0.15) is 24.8 Å². The zero-order valence-corrected chi connectivity index (χ0v) is 16.5. The van der Waals surface area contributed by atoms with Crippen molar-refractivity contribution in [1.82, 2.24) is 4.90 Å². The molecule has 1 fully saturated rings. The number of carbonyl (C=O) groups is 2. The van der Waals surface area contributed by atoms with Gasteiger partial charge in [0.05, 0.1) is 19.8 Å². The summed E-state index contributed by atoms with van der Waals surface area (Å²) in [5.74, 6) is 0.715. The molecule has 5 nitrogen and oxygen atoms in total. The molecule has 1 aliphatic rings. The molecule has 0 unspecified atom stereocenters. The summed E-state index contributed by atoms with van der Waals surface area (Å²) in [6, 6.07) is 10.5. The second-order valence-corrected chi connectivity index (χ2v) is 7.09. The molecule has 0 saturated carbocycles. The Morgan fingerprint density at radius 2 is 2.11 bits per heavy atom. The Kier molecular flexibility index (Phi) is 9.73. The first-order valence-corrected chi connectivity index (χ1v) is 10.2. The van der Waals surface area contributed by atoms with Crippen molar-refractivity contribution >= 4 is 23.6 Å². The van der Waals surface area contributed by atoms with Gasteiger partial charge in [0.25, 0.3) is 0 Å². The highest BCUT2D eigenvalue weighted by Crippen LogP contribution is 2.21. The maximum Gasteiger partial charge on any atom is 0.331 e. The fraction of sp³-hybridized carbons (Fsp3) is 0.429. The highest BCUT2D eigenvalue weighted by Gasteiger charge is 2.24. The Balaban J connectivity index is 1.76. The van der Waals surface area contributed by atoms with E-state index in [4.69, 9.17) is 4.74 Å². The summed E-state index contributed by atoms with van der Waals surface area (Å²) in [7, 11) is 1.33. The number of esters is 1. The third kappa shape index (κ3) is 8.01. The number of carbonyl (C=O) groups excluding carboxylic acids is 2. The molecular weight excluding hydrogens is 362 g/mol. The molecule has 1 aromatic rings. The number of nitrogens with zero attached hydrogens (tertiary/aromatic N) is 1. The van der Waals surface area contributed by atoms with E-state index in [1.165, 1.54) is 12.7 Å². The molecule has 146 valence electrons. The van der Waals surface area contributed by atoms with Crippen molar-refractivity contribution in [3.8, 4) is 0 Å². The van der Waals surface area contributed by atoms with Gasteiger partial charge in [0.1, 0.15) is 6.61 Å². The third-order valence-electron chi connectivity index (χ3n) is 4.23. The molecular formula is C21H27NO4S. The van der Waals surface area contributed by atoms with Crippen LogP contribution in [0.4, 0.5) is 0 Å². The van der Waals surface area contributed by atoms with Crippen LogP contribution in [0.15, 0.2) is 54.0 Å². The quantitative estimate of drug-likeness (QED) is 0.348. The summed E-state index contributed by atoms with van der Waals surface area (Å²) in [5, 5.41) is 2.10. The predicted molar refractivity (Wildman–Crippen MR) is 108 cm³/mol. The summed E-state index contributed by atoms with van der Waals surface area (Å²) in [4.78, 5) is 25.1. The van der Waals surface area contributed by atoms with Crippen molar-refractivity contribution in [2.75, 3.05) is 26.9 Å². The van der Waals surface area contributed by atoms with E-state index in [1.807, 2.05) is 35.3 Å². The number of amides is 1. The smallest absolute Gasteiger partial charge is 0.331 e. The molecule has 0 aliphatic carbocycles. The van der Waals surface area contributed by atoms with E-state index < -0.39 is 5.97 Å². The number of hydrogen-bond donors (Lipinski definition) is 0. The van der Waals surface area contributed by atoms with E-state index in [-0.39, 0.29) is 18.6 Å². The van der Waals surface area contributed by atoms with Gasteiger partial charge in [0.15, 0.2) is 0 Å². The van der Waals surface area contributed by atoms with E-state index in [9.17, 15) is 9.59 Å². The Bertz CT molecular complexity index is 645. The van der Waals surface area contributed by atoms with Crippen LogP contribution >= 0.6 is 11.8 Å². The van der Waals surface area contributed by atoms with Crippen molar-refractivity contribution in [2.24, 2.45) is 0 Å². The molecule has 1 aliphatic heterocycles. The van der Waals surface area contributed by atoms with Crippen molar-refractivity contribution in [2.45, 2.75) is 31.1 Å². The van der Waals surface area contributed by atoms with Gasteiger partial charge in [-0.1, -0.05) is 48.6 Å². The zero-order valence-electron chi connectivity index (χ0n) is 15.7. The largest absolute Gasteiger partial charge is 0.467 e. The molecule has 1 atom stereocenters. The SMILES string of the molecule is COC(=O)COC/C=C\CN1C(=O)CCC[C@@H]1/C=C/SCc1ccccc1. The van der Waals surface area contributed by atoms with Crippen LogP contribution in [-0.4, -0.2) is 49.7 Å². The minimum Gasteiger partial charge on any atom is -0.467 e. The number of likely N-dealkylation sites (tertiary alicyclic amines) is 1. The summed E-state index contributed by atoms with van der Waals surface area (Å²) in [6.45, 7) is 0.816. The number of benzene rings is 1. The maximum atomic E-state index is 12.3. The first-order chi connectivity index (χ1) is 13.2. The van der Waals surface area contributed by atoms with Crippen LogP contribution in [0, 0.1) is 0 Å². The van der Waals surface area contributed by atoms with Gasteiger partial charge in [0, 0.05) is 18.7 Å². The lowest BCUT2D eigenvalue weighted by Gasteiger charge is -2.33. The third-order valence-corrected chi connectivity index (χ3v) is 5.08. The van der Waals surface area contributed by atoms with E-state index in [2.05, 4.69) is 28.4 Å². The monoisotopic (exact) mass is 389 g/mol. The van der Waals surface area contributed by atoms with Crippen LogP contribution in [0.5, 0.6) is 0 Å². The molecule has 1 aromatic carbocycles. The fourth-order valence-corrected chi connectivity index (χ4v) is 3.55. The van der Waals surface area contributed by atoms with Gasteiger partial charge in [-0.3, -0.25) is 4.79 Å². The second kappa shape index (κ2) is 12.4.